The zero-order chi connectivity index (χ0) is 52.9. The Labute approximate surface area is 424 Å². The van der Waals surface area contributed by atoms with Gasteiger partial charge >= 0.3 is 18.2 Å². The Bertz CT molecular complexity index is 2590. The quantitative estimate of drug-likeness (QED) is 0.0348. The molecule has 4 aromatic rings. The summed E-state index contributed by atoms with van der Waals surface area (Å²) in [5, 5.41) is 11.5. The van der Waals surface area contributed by atoms with E-state index < -0.39 is 77.2 Å². The van der Waals surface area contributed by atoms with Crippen molar-refractivity contribution in [3.8, 4) is 33.8 Å². The highest BCUT2D eigenvalue weighted by Crippen LogP contribution is 2.40. The lowest BCUT2D eigenvalue weighted by Gasteiger charge is -2.32. The number of carbonyl (C=O) groups is 7. The van der Waals surface area contributed by atoms with Gasteiger partial charge in [0.15, 0.2) is 0 Å². The normalized spacial score (nSPS) is 16.3. The molecule has 5 amide bonds. The summed E-state index contributed by atoms with van der Waals surface area (Å²) in [6.45, 7) is 12.1. The first-order valence-electron chi connectivity index (χ1n) is 23.6. The molecule has 1 heterocycles. The molecule has 4 aromatic carbocycles. The van der Waals surface area contributed by atoms with Gasteiger partial charge in [-0.2, -0.15) is 0 Å². The van der Waals surface area contributed by atoms with Gasteiger partial charge in [0.2, 0.25) is 17.7 Å². The highest BCUT2D eigenvalue weighted by molar-refractivity contribution is 6.30. The molecule has 0 aromatic heterocycles. The van der Waals surface area contributed by atoms with E-state index in [1.807, 2.05) is 12.1 Å². The van der Waals surface area contributed by atoms with E-state index >= 15 is 4.79 Å². The smallest absolute Gasteiger partial charge is 0.492 e. The van der Waals surface area contributed by atoms with Crippen LogP contribution in [0.5, 0.6) is 11.5 Å². The molecule has 4 bridgehead atoms. The van der Waals surface area contributed by atoms with Crippen LogP contribution < -0.4 is 36.5 Å². The number of nitrogens with one attached hydrogen (secondary N) is 4. The Morgan fingerprint density at radius 1 is 0.806 bits per heavy atom. The molecule has 18 nitrogen and oxygen atoms in total. The summed E-state index contributed by atoms with van der Waals surface area (Å²) in [6, 6.07) is 18.3. The monoisotopic (exact) mass is 1010 g/mol. The van der Waals surface area contributed by atoms with Crippen molar-refractivity contribution in [2.75, 3.05) is 33.9 Å². The van der Waals surface area contributed by atoms with Crippen molar-refractivity contribution in [2.24, 2.45) is 5.73 Å². The molecule has 0 spiro atoms. The van der Waals surface area contributed by atoms with Crippen LogP contribution in [-0.2, 0) is 39.8 Å². The molecule has 1 aliphatic rings. The van der Waals surface area contributed by atoms with Crippen LogP contribution in [0.25, 0.3) is 22.3 Å². The first kappa shape index (κ1) is 55.7. The van der Waals surface area contributed by atoms with Crippen molar-refractivity contribution in [1.29, 1.82) is 0 Å². The largest absolute Gasteiger partial charge is 0.514 e. The molecule has 386 valence electrons. The molecular formula is C53H65ClN6O12. The Kier molecular flexibility index (Phi) is 19.2. The maximum Gasteiger partial charge on any atom is 0.514 e. The van der Waals surface area contributed by atoms with Gasteiger partial charge in [-0.15, -0.1) is 0 Å². The van der Waals surface area contributed by atoms with Crippen LogP contribution in [0.1, 0.15) is 95.3 Å². The van der Waals surface area contributed by atoms with Crippen molar-refractivity contribution >= 4 is 53.4 Å². The van der Waals surface area contributed by atoms with Crippen LogP contribution in [0.15, 0.2) is 84.9 Å². The Morgan fingerprint density at radius 3 is 2.06 bits per heavy atom. The topological polar surface area (TPSA) is 243 Å². The highest BCUT2D eigenvalue weighted by Gasteiger charge is 2.36. The van der Waals surface area contributed by atoms with Crippen molar-refractivity contribution < 1.29 is 57.2 Å². The van der Waals surface area contributed by atoms with E-state index in [2.05, 4.69) is 21.3 Å². The predicted molar refractivity (Wildman–Crippen MR) is 270 cm³/mol. The number of halogens is 1. The van der Waals surface area contributed by atoms with Crippen LogP contribution in [0.4, 0.5) is 9.59 Å². The van der Waals surface area contributed by atoms with Crippen LogP contribution in [-0.4, -0.2) is 110 Å². The van der Waals surface area contributed by atoms with Crippen LogP contribution in [0.3, 0.4) is 0 Å². The minimum Gasteiger partial charge on any atom is -0.492 e. The lowest BCUT2D eigenvalue weighted by atomic mass is 9.93. The van der Waals surface area contributed by atoms with Gasteiger partial charge in [0, 0.05) is 48.3 Å². The molecular weight excluding hydrogens is 948 g/mol. The molecule has 5 rings (SSSR count). The summed E-state index contributed by atoms with van der Waals surface area (Å²) >= 11 is 6.09. The number of fused-ring (bicyclic) bond motifs is 5. The summed E-state index contributed by atoms with van der Waals surface area (Å²) in [5.74, 6) is -3.28. The first-order valence-corrected chi connectivity index (χ1v) is 23.9. The second-order valence-electron chi connectivity index (χ2n) is 19.2. The number of carbonyl (C=O) groups excluding carboxylic acids is 7. The summed E-state index contributed by atoms with van der Waals surface area (Å²) in [7, 11) is 2.57. The van der Waals surface area contributed by atoms with Gasteiger partial charge in [-0.3, -0.25) is 19.2 Å². The van der Waals surface area contributed by atoms with E-state index in [1.165, 1.54) is 32.0 Å². The molecule has 0 aliphatic carbocycles. The third-order valence-electron chi connectivity index (χ3n) is 11.1. The van der Waals surface area contributed by atoms with Crippen molar-refractivity contribution in [3.05, 3.63) is 107 Å². The van der Waals surface area contributed by atoms with Gasteiger partial charge < -0.3 is 55.6 Å². The minimum absolute atomic E-state index is 0.0117. The number of rotatable bonds is 15. The first-order chi connectivity index (χ1) is 34.0. The summed E-state index contributed by atoms with van der Waals surface area (Å²) in [5.41, 5.74) is 7.48. The number of alkyl carbamates (subject to hydrolysis) is 1. The van der Waals surface area contributed by atoms with Crippen molar-refractivity contribution in [1.82, 2.24) is 26.2 Å². The number of ether oxygens (including phenoxy) is 5. The fourth-order valence-corrected chi connectivity index (χ4v) is 7.80. The van der Waals surface area contributed by atoms with Crippen LogP contribution in [0.2, 0.25) is 5.02 Å². The SMILES string of the molecule is COC(=O)C1Cc2ccc(OC(=O)OC(C)(C)C)c(c2)-c2cc(ccc2OCCN)C(N(C)C(=O)C(CCCCNC(=O)OC(C)(C)C)NC(=O)c2ccc(-c3ccc(Cl)cc3)cc2)C(=O)NC(C)C(=O)N1. The third-order valence-corrected chi connectivity index (χ3v) is 11.4. The van der Waals surface area contributed by atoms with Crippen molar-refractivity contribution in [2.45, 2.75) is 110 Å². The number of esters is 1. The van der Waals surface area contributed by atoms with Gasteiger partial charge in [-0.25, -0.2) is 14.4 Å². The molecule has 4 atom stereocenters. The maximum absolute atomic E-state index is 15.0. The second kappa shape index (κ2) is 24.8. The average Bonchev–Trinajstić information content (AvgIpc) is 3.31. The number of hydrogen-bond acceptors (Lipinski definition) is 13. The number of nitrogens with zero attached hydrogens (tertiary/aromatic N) is 1. The van der Waals surface area contributed by atoms with Gasteiger partial charge in [0.05, 0.1) is 7.11 Å². The molecule has 6 N–H and O–H groups in total. The molecule has 0 saturated carbocycles. The van der Waals surface area contributed by atoms with E-state index in [0.29, 0.717) is 29.0 Å². The van der Waals surface area contributed by atoms with E-state index in [4.69, 9.17) is 41.0 Å². The molecule has 4 unspecified atom stereocenters. The number of hydrogen-bond donors (Lipinski definition) is 5. The maximum atomic E-state index is 15.0. The van der Waals surface area contributed by atoms with E-state index in [-0.39, 0.29) is 60.7 Å². The predicted octanol–water partition coefficient (Wildman–Crippen LogP) is 7.04. The molecule has 72 heavy (non-hydrogen) atoms. The molecule has 0 fully saturated rings. The Balaban J connectivity index is 1.59. The number of unbranched alkanes of at least 4 members (excludes halogenated alkanes) is 1. The summed E-state index contributed by atoms with van der Waals surface area (Å²) in [4.78, 5) is 97.6. The second-order valence-corrected chi connectivity index (χ2v) is 19.6. The van der Waals surface area contributed by atoms with Gasteiger partial charge in [0.1, 0.15) is 53.5 Å². The number of likely N-dealkylation sites (N-methyl/N-ethyl adjacent to an activating group) is 1. The number of nitrogens with two attached hydrogens (primary N) is 1. The molecule has 1 aliphatic heterocycles. The van der Waals surface area contributed by atoms with Crippen molar-refractivity contribution in [3.63, 3.8) is 0 Å². The molecule has 0 saturated heterocycles. The summed E-state index contributed by atoms with van der Waals surface area (Å²) in [6.07, 6.45) is -0.905. The van der Waals surface area contributed by atoms with E-state index in [1.54, 1.807) is 108 Å². The van der Waals surface area contributed by atoms with Crippen LogP contribution in [0, 0.1) is 0 Å². The Morgan fingerprint density at radius 2 is 1.43 bits per heavy atom. The standard InChI is InChI=1S/C53H65ClN6O12/c1-31-45(61)59-41(49(65)68-9)29-32-13-23-43(70-51(67)72-53(5,6)7)38(28-32)39-30-36(20-24-42(39)69-27-25-55)44(47(63)57-31)60(8)48(64)40(12-10-11-26-56-50(66)71-52(2,3)4)58-46(62)35-16-14-33(15-17-35)34-18-21-37(54)22-19-34/h13-24,28,30-31,40-41,44H,10-12,25-27,29,55H2,1-9H3,(H,56,66)(H,57,63)(H,58,62)(H,59,61). The zero-order valence-corrected chi connectivity index (χ0v) is 42.9. The zero-order valence-electron chi connectivity index (χ0n) is 42.1. The lowest BCUT2D eigenvalue weighted by Crippen LogP contribution is -2.55. The average molecular weight is 1010 g/mol. The van der Waals surface area contributed by atoms with E-state index in [9.17, 15) is 28.8 Å². The van der Waals surface area contributed by atoms with Gasteiger partial charge in [0.25, 0.3) is 5.91 Å². The van der Waals surface area contributed by atoms with Gasteiger partial charge in [-0.1, -0.05) is 48.0 Å². The molecule has 19 heteroatoms. The Hall–Kier alpha value is -7.18. The number of benzene rings is 4. The summed E-state index contributed by atoms with van der Waals surface area (Å²) < 4.78 is 27.8. The third kappa shape index (κ3) is 15.9. The number of methoxy groups -OCH3 is 1. The lowest BCUT2D eigenvalue weighted by molar-refractivity contribution is -0.145. The highest BCUT2D eigenvalue weighted by atomic mass is 35.5. The fourth-order valence-electron chi connectivity index (χ4n) is 7.67. The van der Waals surface area contributed by atoms with E-state index in [0.717, 1.165) is 11.1 Å². The van der Waals surface area contributed by atoms with Crippen LogP contribution >= 0.6 is 11.6 Å². The molecule has 0 radical (unpaired) electrons. The fraction of sp³-hybridized carbons (Fsp3) is 0.415. The van der Waals surface area contributed by atoms with Gasteiger partial charge in [-0.05, 0) is 139 Å². The number of amides is 5. The minimum atomic E-state index is -1.49.